The van der Waals surface area contributed by atoms with Crippen molar-refractivity contribution in [3.8, 4) is 11.5 Å². The average molecular weight is 673 g/mol. The number of rotatable bonds is 16. The monoisotopic (exact) mass is 672 g/mol. The number of hydrogen-bond donors (Lipinski definition) is 2. The van der Waals surface area contributed by atoms with Crippen molar-refractivity contribution in [2.75, 3.05) is 44.1 Å². The maximum absolute atomic E-state index is 13.5. The van der Waals surface area contributed by atoms with Crippen molar-refractivity contribution in [2.24, 2.45) is 0 Å². The summed E-state index contributed by atoms with van der Waals surface area (Å²) >= 11 is 0. The van der Waals surface area contributed by atoms with Crippen LogP contribution in [0.1, 0.15) is 62.2 Å². The summed E-state index contributed by atoms with van der Waals surface area (Å²) in [5.41, 5.74) is 0.326. The summed E-state index contributed by atoms with van der Waals surface area (Å²) in [7, 11) is 1.80. The standard InChI is InChI=1S/C36H36N2O11/c1-21(2)33(41)45-15-17-47-35(43)30-20-31(36(44)48-18-16-46-34(42)22(3)4)29(19-28(30)23(5)39)32(40)38-25-9-13-27(14-10-25)49-26-11-7-24(37-6)8-12-26/h7-14,19-20,37H,1,3,15-18H2,2,4-6H3,(H,38,40). The molecule has 0 saturated heterocycles. The Labute approximate surface area is 282 Å². The van der Waals surface area contributed by atoms with Gasteiger partial charge < -0.3 is 34.3 Å². The van der Waals surface area contributed by atoms with E-state index in [1.807, 2.05) is 12.1 Å². The molecule has 0 unspecified atom stereocenters. The molecule has 13 heteroatoms. The van der Waals surface area contributed by atoms with Gasteiger partial charge in [-0.1, -0.05) is 13.2 Å². The van der Waals surface area contributed by atoms with Crippen molar-refractivity contribution < 1.29 is 52.5 Å². The van der Waals surface area contributed by atoms with Gasteiger partial charge in [-0.25, -0.2) is 19.2 Å². The minimum Gasteiger partial charge on any atom is -0.459 e. The van der Waals surface area contributed by atoms with Crippen LogP contribution in [0.25, 0.3) is 0 Å². The van der Waals surface area contributed by atoms with Gasteiger partial charge in [-0.05, 0) is 81.4 Å². The lowest BCUT2D eigenvalue weighted by molar-refractivity contribution is -0.140. The molecule has 0 aliphatic rings. The molecule has 13 nitrogen and oxygen atoms in total. The second-order valence-electron chi connectivity index (χ2n) is 10.5. The van der Waals surface area contributed by atoms with Gasteiger partial charge in [-0.2, -0.15) is 0 Å². The zero-order valence-electron chi connectivity index (χ0n) is 27.5. The first-order valence-corrected chi connectivity index (χ1v) is 14.9. The van der Waals surface area contributed by atoms with E-state index in [1.54, 1.807) is 43.4 Å². The van der Waals surface area contributed by atoms with Gasteiger partial charge >= 0.3 is 23.9 Å². The molecule has 0 aliphatic carbocycles. The Balaban J connectivity index is 1.86. The maximum atomic E-state index is 13.5. The molecule has 0 fully saturated rings. The SMILES string of the molecule is C=C(C)C(=O)OCCOC(=O)c1cc(C(=O)OCCOC(=O)C(=C)C)c(C(=O)Nc2ccc(Oc3ccc(NC)cc3)cc2)cc1C(C)=O. The van der Waals surface area contributed by atoms with Crippen molar-refractivity contribution in [1.29, 1.82) is 0 Å². The second kappa shape index (κ2) is 17.6. The largest absolute Gasteiger partial charge is 0.459 e. The molecule has 256 valence electrons. The van der Waals surface area contributed by atoms with Gasteiger partial charge in [0.2, 0.25) is 0 Å². The summed E-state index contributed by atoms with van der Waals surface area (Å²) in [6.45, 7) is 9.63. The number of amides is 1. The third-order valence-corrected chi connectivity index (χ3v) is 6.51. The fourth-order valence-electron chi connectivity index (χ4n) is 3.99. The third-order valence-electron chi connectivity index (χ3n) is 6.51. The van der Waals surface area contributed by atoms with Crippen LogP contribution < -0.4 is 15.4 Å². The highest BCUT2D eigenvalue weighted by Gasteiger charge is 2.27. The molecular weight excluding hydrogens is 636 g/mol. The molecule has 0 aliphatic heterocycles. The van der Waals surface area contributed by atoms with E-state index in [4.69, 9.17) is 23.7 Å². The zero-order chi connectivity index (χ0) is 36.1. The fraction of sp³-hybridized carbons (Fsp3) is 0.222. The Hall–Kier alpha value is -6.24. The van der Waals surface area contributed by atoms with Gasteiger partial charge in [-0.3, -0.25) is 9.59 Å². The lowest BCUT2D eigenvalue weighted by Crippen LogP contribution is -2.23. The van der Waals surface area contributed by atoms with Crippen LogP contribution in [0.5, 0.6) is 11.5 Å². The van der Waals surface area contributed by atoms with Crippen molar-refractivity contribution >= 4 is 46.9 Å². The second-order valence-corrected chi connectivity index (χ2v) is 10.5. The lowest BCUT2D eigenvalue weighted by Gasteiger charge is -2.15. The van der Waals surface area contributed by atoms with Crippen LogP contribution in [0.3, 0.4) is 0 Å². The van der Waals surface area contributed by atoms with Gasteiger partial charge in [0.05, 0.1) is 16.7 Å². The Kier molecular flexibility index (Phi) is 13.4. The molecule has 1 amide bonds. The number of ketones is 1. The number of esters is 4. The van der Waals surface area contributed by atoms with Crippen molar-refractivity contribution in [3.05, 3.63) is 107 Å². The molecule has 3 rings (SSSR count). The number of anilines is 2. The topological polar surface area (TPSA) is 173 Å². The Morgan fingerprint density at radius 3 is 1.41 bits per heavy atom. The first kappa shape index (κ1) is 37.2. The predicted molar refractivity (Wildman–Crippen MR) is 179 cm³/mol. The van der Waals surface area contributed by atoms with Gasteiger partial charge in [0.25, 0.3) is 5.91 Å². The molecule has 49 heavy (non-hydrogen) atoms. The van der Waals surface area contributed by atoms with Crippen molar-refractivity contribution in [3.63, 3.8) is 0 Å². The molecule has 0 bridgehead atoms. The number of nitrogens with one attached hydrogen (secondary N) is 2. The van der Waals surface area contributed by atoms with Gasteiger partial charge in [-0.15, -0.1) is 0 Å². The molecule has 3 aromatic carbocycles. The van der Waals surface area contributed by atoms with Crippen LogP contribution >= 0.6 is 0 Å². The van der Waals surface area contributed by atoms with Gasteiger partial charge in [0, 0.05) is 35.1 Å². The summed E-state index contributed by atoms with van der Waals surface area (Å²) in [5.74, 6) is -3.77. The molecule has 0 saturated carbocycles. The third kappa shape index (κ3) is 10.9. The van der Waals surface area contributed by atoms with Crippen LogP contribution in [0.15, 0.2) is 85.0 Å². The number of benzene rings is 3. The number of ether oxygens (including phenoxy) is 5. The quantitative estimate of drug-likeness (QED) is 0.0642. The highest BCUT2D eigenvalue weighted by molar-refractivity contribution is 6.15. The summed E-state index contributed by atoms with van der Waals surface area (Å²) in [5, 5.41) is 5.68. The first-order chi connectivity index (χ1) is 23.3. The summed E-state index contributed by atoms with van der Waals surface area (Å²) in [4.78, 5) is 75.7. The molecular formula is C36H36N2O11. The zero-order valence-corrected chi connectivity index (χ0v) is 27.5. The van der Waals surface area contributed by atoms with E-state index >= 15 is 0 Å². The number of carbonyl (C=O) groups is 6. The van der Waals surface area contributed by atoms with E-state index in [1.165, 1.54) is 20.8 Å². The lowest BCUT2D eigenvalue weighted by atomic mass is 9.95. The van der Waals surface area contributed by atoms with Crippen molar-refractivity contribution in [1.82, 2.24) is 0 Å². The molecule has 0 aromatic heterocycles. The van der Waals surface area contributed by atoms with E-state index in [0.717, 1.165) is 17.8 Å². The minimum absolute atomic E-state index is 0.144. The maximum Gasteiger partial charge on any atom is 0.339 e. The number of hydrogen-bond acceptors (Lipinski definition) is 12. The highest BCUT2D eigenvalue weighted by Crippen LogP contribution is 2.26. The Morgan fingerprint density at radius 1 is 0.571 bits per heavy atom. The van der Waals surface area contributed by atoms with Gasteiger partial charge in [0.15, 0.2) is 5.78 Å². The smallest absolute Gasteiger partial charge is 0.339 e. The summed E-state index contributed by atoms with van der Waals surface area (Å²) in [6.07, 6.45) is 0. The molecule has 0 atom stereocenters. The molecule has 0 radical (unpaired) electrons. The van der Waals surface area contributed by atoms with E-state index in [2.05, 4.69) is 23.8 Å². The van der Waals surface area contributed by atoms with Crippen LogP contribution in [-0.4, -0.2) is 69.0 Å². The van der Waals surface area contributed by atoms with E-state index in [0.29, 0.717) is 17.2 Å². The van der Waals surface area contributed by atoms with Crippen molar-refractivity contribution in [2.45, 2.75) is 20.8 Å². The summed E-state index contributed by atoms with van der Waals surface area (Å²) < 4.78 is 26.1. The minimum atomic E-state index is -1.05. The Bertz CT molecular complexity index is 1760. The molecule has 0 heterocycles. The molecule has 3 aromatic rings. The molecule has 2 N–H and O–H groups in total. The van der Waals surface area contributed by atoms with E-state index in [9.17, 15) is 28.8 Å². The first-order valence-electron chi connectivity index (χ1n) is 14.9. The van der Waals surface area contributed by atoms with Crippen LogP contribution in [0, 0.1) is 0 Å². The summed E-state index contributed by atoms with van der Waals surface area (Å²) in [6, 6.07) is 15.8. The highest BCUT2D eigenvalue weighted by atomic mass is 16.6. The van der Waals surface area contributed by atoms with Crippen LogP contribution in [-0.2, 0) is 28.5 Å². The average Bonchev–Trinajstić information content (AvgIpc) is 3.08. The van der Waals surface area contributed by atoms with E-state index in [-0.39, 0.29) is 59.8 Å². The van der Waals surface area contributed by atoms with Crippen LogP contribution in [0.2, 0.25) is 0 Å². The fourth-order valence-corrected chi connectivity index (χ4v) is 3.99. The number of Topliss-reactive ketones (excluding diaryl/α,β-unsaturated/α-hetero) is 1. The van der Waals surface area contributed by atoms with Gasteiger partial charge in [0.1, 0.15) is 37.9 Å². The Morgan fingerprint density at radius 2 is 0.980 bits per heavy atom. The van der Waals surface area contributed by atoms with Crippen LogP contribution in [0.4, 0.5) is 11.4 Å². The van der Waals surface area contributed by atoms with E-state index < -0.39 is 35.6 Å². The predicted octanol–water partition coefficient (Wildman–Crippen LogP) is 5.53. The molecule has 0 spiro atoms. The normalized spacial score (nSPS) is 10.2. The number of carbonyl (C=O) groups excluding carboxylic acids is 6.